The number of nitrogens with two attached hydrogens (primary N) is 1. The van der Waals surface area contributed by atoms with Gasteiger partial charge in [-0.2, -0.15) is 0 Å². The lowest BCUT2D eigenvalue weighted by Gasteiger charge is -2.34. The molecule has 4 amide bonds. The molecule has 40 heavy (non-hydrogen) atoms. The van der Waals surface area contributed by atoms with E-state index in [1.54, 1.807) is 33.8 Å². The van der Waals surface area contributed by atoms with E-state index in [1.165, 1.54) is 11.0 Å². The highest BCUT2D eigenvalue weighted by Crippen LogP contribution is 2.65. The van der Waals surface area contributed by atoms with Gasteiger partial charge in [0.15, 0.2) is 5.78 Å². The number of ether oxygens (including phenoxy) is 1. The predicted octanol–water partition coefficient (Wildman–Crippen LogP) is 2.02. The number of Topliss-reactive ketones (excluding diaryl/α,β-unsaturated/α-hetero) is 1. The molecule has 3 fully saturated rings. The maximum Gasteiger partial charge on any atom is 0.408 e. The summed E-state index contributed by atoms with van der Waals surface area (Å²) in [5.41, 5.74) is 4.27. The molecule has 5 atom stereocenters. The van der Waals surface area contributed by atoms with Crippen molar-refractivity contribution in [3.63, 3.8) is 0 Å². The van der Waals surface area contributed by atoms with Crippen LogP contribution in [-0.2, 0) is 28.7 Å². The zero-order valence-corrected chi connectivity index (χ0v) is 24.5. The number of nitrogens with one attached hydrogen (secondary N) is 2. The van der Waals surface area contributed by atoms with E-state index in [4.69, 9.17) is 10.5 Å². The van der Waals surface area contributed by atoms with Gasteiger partial charge in [0, 0.05) is 13.0 Å². The fraction of sp³-hybridized carbons (Fsp3) is 0.724. The third kappa shape index (κ3) is 7.28. The number of primary amides is 1. The number of rotatable bonds is 12. The zero-order chi connectivity index (χ0) is 30.0. The van der Waals surface area contributed by atoms with Crippen LogP contribution in [0.25, 0.3) is 0 Å². The fourth-order valence-corrected chi connectivity index (χ4v) is 6.00. The van der Waals surface area contributed by atoms with Gasteiger partial charge >= 0.3 is 6.09 Å². The van der Waals surface area contributed by atoms with Crippen LogP contribution in [0.15, 0.2) is 12.2 Å². The molecule has 0 aromatic carbocycles. The molecule has 3 unspecified atom stereocenters. The number of allylic oxidation sites excluding steroid dienone is 2. The van der Waals surface area contributed by atoms with E-state index in [-0.39, 0.29) is 41.8 Å². The monoisotopic (exact) mass is 560 g/mol. The van der Waals surface area contributed by atoms with Crippen LogP contribution >= 0.6 is 0 Å². The Hall–Kier alpha value is -3.24. The number of fused-ring (bicyclic) bond motifs is 1. The molecule has 3 rings (SSSR count). The normalized spacial score (nSPS) is 24.9. The van der Waals surface area contributed by atoms with Gasteiger partial charge in [0.25, 0.3) is 5.91 Å². The van der Waals surface area contributed by atoms with Crippen LogP contribution in [0.4, 0.5) is 4.79 Å². The Kier molecular flexibility index (Phi) is 9.46. The number of carbonyl (C=O) groups excluding carboxylic acids is 6. The molecule has 1 heterocycles. The van der Waals surface area contributed by atoms with E-state index in [1.807, 2.05) is 13.8 Å². The molecule has 3 aliphatic rings. The number of hydrogen-bond donors (Lipinski definition) is 3. The van der Waals surface area contributed by atoms with Crippen LogP contribution in [0.2, 0.25) is 0 Å². The van der Waals surface area contributed by atoms with Gasteiger partial charge in [-0.05, 0) is 69.8 Å². The summed E-state index contributed by atoms with van der Waals surface area (Å²) in [5.74, 6) is -3.07. The Labute approximate surface area is 236 Å². The molecule has 11 heteroatoms. The first-order valence-electron chi connectivity index (χ1n) is 14.2. The van der Waals surface area contributed by atoms with E-state index < -0.39 is 53.3 Å². The van der Waals surface area contributed by atoms with Gasteiger partial charge in [-0.1, -0.05) is 39.2 Å². The minimum Gasteiger partial charge on any atom is -0.444 e. The molecule has 1 saturated heterocycles. The van der Waals surface area contributed by atoms with E-state index in [0.717, 1.165) is 19.3 Å². The van der Waals surface area contributed by atoms with Gasteiger partial charge in [-0.15, -0.1) is 0 Å². The van der Waals surface area contributed by atoms with Crippen LogP contribution in [0.1, 0.15) is 80.1 Å². The summed E-state index contributed by atoms with van der Waals surface area (Å²) in [6, 6.07) is -3.05. The first-order chi connectivity index (χ1) is 18.6. The molecule has 0 radical (unpaired) electrons. The molecule has 0 spiro atoms. The van der Waals surface area contributed by atoms with Gasteiger partial charge < -0.3 is 26.0 Å². The summed E-state index contributed by atoms with van der Waals surface area (Å²) in [6.45, 7) is 11.1. The molecule has 0 aromatic heterocycles. The highest BCUT2D eigenvalue weighted by Gasteiger charge is 2.69. The highest BCUT2D eigenvalue weighted by molar-refractivity contribution is 6.37. The molecule has 1 aliphatic heterocycles. The number of alkyl carbamates (subject to hydrolysis) is 1. The number of carbonyl (C=O) groups is 6. The second-order valence-corrected chi connectivity index (χ2v) is 12.9. The molecular formula is C29H44N4O7. The highest BCUT2D eigenvalue weighted by atomic mass is 16.6. The van der Waals surface area contributed by atoms with Crippen molar-refractivity contribution >= 4 is 35.4 Å². The second kappa shape index (κ2) is 12.1. The summed E-state index contributed by atoms with van der Waals surface area (Å²) in [4.78, 5) is 78.1. The zero-order valence-electron chi connectivity index (χ0n) is 24.5. The average Bonchev–Trinajstić information content (AvgIpc) is 3.14. The smallest absolute Gasteiger partial charge is 0.408 e. The Morgan fingerprint density at radius 3 is 2.25 bits per heavy atom. The minimum absolute atomic E-state index is 0.0101. The van der Waals surface area contributed by atoms with Gasteiger partial charge in [0.2, 0.25) is 17.6 Å². The van der Waals surface area contributed by atoms with E-state index >= 15 is 0 Å². The van der Waals surface area contributed by atoms with E-state index in [0.29, 0.717) is 13.0 Å². The minimum atomic E-state index is -1.11. The quantitative estimate of drug-likeness (QED) is 0.243. The van der Waals surface area contributed by atoms with Crippen LogP contribution < -0.4 is 16.4 Å². The number of hydrogen-bond acceptors (Lipinski definition) is 7. The van der Waals surface area contributed by atoms with Crippen molar-refractivity contribution in [2.24, 2.45) is 28.9 Å². The number of likely N-dealkylation sites (tertiary alicyclic amines) is 1. The molecule has 2 saturated carbocycles. The first kappa shape index (κ1) is 31.3. The summed E-state index contributed by atoms with van der Waals surface area (Å²) in [5, 5.41) is 5.34. The van der Waals surface area contributed by atoms with Crippen molar-refractivity contribution in [2.45, 2.75) is 104 Å². The lowest BCUT2D eigenvalue weighted by Crippen LogP contribution is -2.58. The van der Waals surface area contributed by atoms with Crippen LogP contribution in [-0.4, -0.2) is 70.6 Å². The number of nitrogens with zero attached hydrogens (tertiary/aromatic N) is 1. The van der Waals surface area contributed by atoms with Gasteiger partial charge in [0.05, 0.1) is 6.04 Å². The number of amides is 4. The third-order valence-corrected chi connectivity index (χ3v) is 8.45. The molecule has 0 bridgehead atoms. The van der Waals surface area contributed by atoms with Gasteiger partial charge in [-0.25, -0.2) is 4.79 Å². The summed E-state index contributed by atoms with van der Waals surface area (Å²) >= 11 is 0. The molecule has 11 nitrogen and oxygen atoms in total. The average molecular weight is 561 g/mol. The van der Waals surface area contributed by atoms with Crippen molar-refractivity contribution in [1.82, 2.24) is 15.5 Å². The molecule has 4 N–H and O–H groups in total. The largest absolute Gasteiger partial charge is 0.444 e. The fourth-order valence-electron chi connectivity index (χ4n) is 6.00. The summed E-state index contributed by atoms with van der Waals surface area (Å²) in [6.07, 6.45) is 5.40. The lowest BCUT2D eigenvalue weighted by atomic mass is 9.80. The van der Waals surface area contributed by atoms with Crippen molar-refractivity contribution in [3.8, 4) is 0 Å². The number of piperidine rings is 1. The van der Waals surface area contributed by atoms with E-state index in [9.17, 15) is 28.8 Å². The van der Waals surface area contributed by atoms with Crippen molar-refractivity contribution < 1.29 is 33.5 Å². The van der Waals surface area contributed by atoms with Crippen LogP contribution in [0.5, 0.6) is 0 Å². The standard InChI is InChI=1S/C29H44N4O7/c1-7-9-17(34)12-13-19(32-27(39)40-28(2,3)4)26(38)33-15-18-21(29(18,5)6)22(33)25(37)31-20(23(35)24(30)36)14-16-10-8-11-16/h7,9,16,18-22H,8,10-15H2,1-6H3,(H2,30,36)(H,31,37)(H,32,39)/b9-7+/t18?,19-,20?,21-,22?/m0/s1. The number of ketones is 2. The molecule has 222 valence electrons. The van der Waals surface area contributed by atoms with Crippen LogP contribution in [0, 0.1) is 23.2 Å². The van der Waals surface area contributed by atoms with Gasteiger partial charge in [0.1, 0.15) is 17.7 Å². The molecular weight excluding hydrogens is 516 g/mol. The predicted molar refractivity (Wildman–Crippen MR) is 147 cm³/mol. The van der Waals surface area contributed by atoms with Crippen LogP contribution in [0.3, 0.4) is 0 Å². The maximum absolute atomic E-state index is 13.9. The first-order valence-corrected chi connectivity index (χ1v) is 14.2. The Morgan fingerprint density at radius 2 is 1.73 bits per heavy atom. The van der Waals surface area contributed by atoms with Crippen molar-refractivity contribution in [3.05, 3.63) is 12.2 Å². The Bertz CT molecular complexity index is 1070. The SMILES string of the molecule is C/C=C/C(=O)CC[C@H](NC(=O)OC(C)(C)C)C(=O)N1CC2[C@@H](C1C(=O)NC(CC1CCC1)C(=O)C(N)=O)C2(C)C. The third-order valence-electron chi connectivity index (χ3n) is 8.45. The Balaban J connectivity index is 1.82. The summed E-state index contributed by atoms with van der Waals surface area (Å²) < 4.78 is 5.35. The van der Waals surface area contributed by atoms with E-state index in [2.05, 4.69) is 10.6 Å². The Morgan fingerprint density at radius 1 is 1.07 bits per heavy atom. The lowest BCUT2D eigenvalue weighted by molar-refractivity contribution is -0.144. The molecule has 2 aliphatic carbocycles. The molecule has 0 aromatic rings. The van der Waals surface area contributed by atoms with Gasteiger partial charge in [-0.3, -0.25) is 24.0 Å². The topological polar surface area (TPSA) is 165 Å². The second-order valence-electron chi connectivity index (χ2n) is 12.9. The van der Waals surface area contributed by atoms with Crippen molar-refractivity contribution in [1.29, 1.82) is 0 Å². The maximum atomic E-state index is 13.9. The van der Waals surface area contributed by atoms with Crippen molar-refractivity contribution in [2.75, 3.05) is 6.54 Å². The summed E-state index contributed by atoms with van der Waals surface area (Å²) in [7, 11) is 0.